The molecule has 25 heavy (non-hydrogen) atoms. The van der Waals surface area contributed by atoms with Crippen LogP contribution in [0.25, 0.3) is 11.0 Å². The molecule has 0 saturated carbocycles. The summed E-state index contributed by atoms with van der Waals surface area (Å²) in [5, 5.41) is 3.23. The zero-order valence-corrected chi connectivity index (χ0v) is 14.4. The molecule has 2 aromatic heterocycles. The van der Waals surface area contributed by atoms with Crippen LogP contribution in [0.5, 0.6) is 5.75 Å². The van der Waals surface area contributed by atoms with Gasteiger partial charge in [-0.25, -0.2) is 9.97 Å². The fourth-order valence-corrected chi connectivity index (χ4v) is 2.26. The van der Waals surface area contributed by atoms with Gasteiger partial charge in [0.15, 0.2) is 11.4 Å². The van der Waals surface area contributed by atoms with E-state index in [-0.39, 0.29) is 16.7 Å². The normalized spacial score (nSPS) is 12.6. The van der Waals surface area contributed by atoms with Crippen molar-refractivity contribution >= 4 is 27.1 Å². The number of nitrogens with one attached hydrogen (secondary N) is 1. The minimum Gasteiger partial charge on any atom is -0.374 e. The van der Waals surface area contributed by atoms with Crippen molar-refractivity contribution in [3.05, 3.63) is 18.0 Å². The summed E-state index contributed by atoms with van der Waals surface area (Å²) in [6.45, 7) is 2.65. The highest BCUT2D eigenvalue weighted by Crippen LogP contribution is 2.29. The molecule has 0 amide bonds. The van der Waals surface area contributed by atoms with E-state index in [0.717, 1.165) is 12.6 Å². The lowest BCUT2D eigenvalue weighted by atomic mass is 10.3. The molecule has 1 N–H and O–H groups in total. The maximum atomic E-state index is 12.4. The first-order chi connectivity index (χ1) is 11.5. The standard InChI is InChI=1S/C13H16F3N5O3S/c1-8-10(24-25(22,23)13(14,15)16)6-9-7-18-12(20-11(9)19-8)17-4-5-21(2)3/h6-7H,4-5H2,1-3H3,(H,17,18,19,20). The zero-order chi connectivity index (χ0) is 18.8. The Balaban J connectivity index is 2.28. The molecule has 8 nitrogen and oxygen atoms in total. The number of pyridine rings is 1. The molecule has 0 spiro atoms. The quantitative estimate of drug-likeness (QED) is 0.596. The number of fused-ring (bicyclic) bond motifs is 1. The lowest BCUT2D eigenvalue weighted by molar-refractivity contribution is -0.0500. The van der Waals surface area contributed by atoms with Gasteiger partial charge in [-0.3, -0.25) is 0 Å². The second-order valence-corrected chi connectivity index (χ2v) is 6.93. The first-order valence-corrected chi connectivity index (χ1v) is 8.44. The van der Waals surface area contributed by atoms with E-state index in [9.17, 15) is 21.6 Å². The summed E-state index contributed by atoms with van der Waals surface area (Å²) in [6.07, 6.45) is 1.32. The van der Waals surface area contributed by atoms with E-state index in [0.29, 0.717) is 12.5 Å². The Morgan fingerprint density at radius 1 is 1.28 bits per heavy atom. The number of hydrogen-bond acceptors (Lipinski definition) is 8. The third-order valence-electron chi connectivity index (χ3n) is 3.04. The molecule has 0 fully saturated rings. The van der Waals surface area contributed by atoms with E-state index >= 15 is 0 Å². The van der Waals surface area contributed by atoms with E-state index in [4.69, 9.17) is 0 Å². The highest BCUT2D eigenvalue weighted by Gasteiger charge is 2.48. The number of rotatable bonds is 6. The fourth-order valence-electron chi connectivity index (χ4n) is 1.76. The lowest BCUT2D eigenvalue weighted by Gasteiger charge is -2.12. The summed E-state index contributed by atoms with van der Waals surface area (Å²) in [4.78, 5) is 14.1. The fraction of sp³-hybridized carbons (Fsp3) is 0.462. The van der Waals surface area contributed by atoms with E-state index in [2.05, 4.69) is 24.5 Å². The predicted octanol–water partition coefficient (Wildman–Crippen LogP) is 1.54. The largest absolute Gasteiger partial charge is 0.534 e. The maximum Gasteiger partial charge on any atom is 0.534 e. The van der Waals surface area contributed by atoms with Crippen LogP contribution in [0.3, 0.4) is 0 Å². The number of likely N-dealkylation sites (N-methyl/N-ethyl adjacent to an activating group) is 1. The molecule has 0 unspecified atom stereocenters. The van der Waals surface area contributed by atoms with E-state index < -0.39 is 21.4 Å². The molecule has 2 rings (SSSR count). The summed E-state index contributed by atoms with van der Waals surface area (Å²) in [6, 6.07) is 1.10. The Morgan fingerprint density at radius 3 is 2.56 bits per heavy atom. The highest BCUT2D eigenvalue weighted by molar-refractivity contribution is 7.88. The van der Waals surface area contributed by atoms with Crippen LogP contribution in [0.2, 0.25) is 0 Å². The first kappa shape index (κ1) is 19.1. The minimum atomic E-state index is -5.77. The molecular weight excluding hydrogens is 363 g/mol. The van der Waals surface area contributed by atoms with Crippen molar-refractivity contribution in [2.24, 2.45) is 0 Å². The summed E-state index contributed by atoms with van der Waals surface area (Å²) >= 11 is 0. The monoisotopic (exact) mass is 379 g/mol. The second-order valence-electron chi connectivity index (χ2n) is 5.39. The number of aromatic nitrogens is 3. The molecule has 2 heterocycles. The van der Waals surface area contributed by atoms with Crippen LogP contribution in [-0.2, 0) is 10.1 Å². The van der Waals surface area contributed by atoms with Gasteiger partial charge >= 0.3 is 15.6 Å². The Bertz CT molecular complexity index is 871. The van der Waals surface area contributed by atoms with Gasteiger partial charge in [0.25, 0.3) is 0 Å². The first-order valence-electron chi connectivity index (χ1n) is 7.03. The van der Waals surface area contributed by atoms with Crippen molar-refractivity contribution in [3.63, 3.8) is 0 Å². The summed E-state index contributed by atoms with van der Waals surface area (Å²) < 4.78 is 63.6. The van der Waals surface area contributed by atoms with Crippen LogP contribution in [0.1, 0.15) is 5.69 Å². The number of alkyl halides is 3. The SMILES string of the molecule is Cc1nc2nc(NCCN(C)C)ncc2cc1OS(=O)(=O)C(F)(F)F. The van der Waals surface area contributed by atoms with Gasteiger partial charge < -0.3 is 14.4 Å². The van der Waals surface area contributed by atoms with Crippen molar-refractivity contribution in [1.29, 1.82) is 0 Å². The summed E-state index contributed by atoms with van der Waals surface area (Å²) in [7, 11) is -1.95. The number of anilines is 1. The molecule has 0 saturated heterocycles. The third kappa shape index (κ3) is 4.66. The van der Waals surface area contributed by atoms with Crippen LogP contribution < -0.4 is 9.50 Å². The Hall–Kier alpha value is -2.21. The average molecular weight is 379 g/mol. The van der Waals surface area contributed by atoms with E-state index in [1.807, 2.05) is 19.0 Å². The molecule has 0 bridgehead atoms. The van der Waals surface area contributed by atoms with Crippen molar-refractivity contribution < 1.29 is 25.8 Å². The van der Waals surface area contributed by atoms with Gasteiger partial charge in [-0.05, 0) is 27.1 Å². The zero-order valence-electron chi connectivity index (χ0n) is 13.6. The maximum absolute atomic E-state index is 12.4. The van der Waals surface area contributed by atoms with Crippen molar-refractivity contribution in [2.75, 3.05) is 32.5 Å². The topological polar surface area (TPSA) is 97.3 Å². The van der Waals surface area contributed by atoms with Gasteiger partial charge in [-0.2, -0.15) is 26.6 Å². The van der Waals surface area contributed by atoms with Gasteiger partial charge in [0, 0.05) is 24.7 Å². The molecule has 0 radical (unpaired) electrons. The third-order valence-corrected chi connectivity index (χ3v) is 4.00. The van der Waals surface area contributed by atoms with Gasteiger partial charge in [0.1, 0.15) is 0 Å². The molecule has 138 valence electrons. The number of hydrogen-bond donors (Lipinski definition) is 1. The van der Waals surface area contributed by atoms with Gasteiger partial charge in [-0.1, -0.05) is 0 Å². The molecular formula is C13H16F3N5O3S. The second kappa shape index (κ2) is 6.96. The highest BCUT2D eigenvalue weighted by atomic mass is 32.2. The van der Waals surface area contributed by atoms with Crippen molar-refractivity contribution in [1.82, 2.24) is 19.9 Å². The number of aryl methyl sites for hydroxylation is 1. The van der Waals surface area contributed by atoms with Gasteiger partial charge in [0.2, 0.25) is 5.95 Å². The molecule has 2 aromatic rings. The Labute approximate surface area is 142 Å². The van der Waals surface area contributed by atoms with Gasteiger partial charge in [-0.15, -0.1) is 0 Å². The molecule has 12 heteroatoms. The minimum absolute atomic E-state index is 0.0433. The summed E-state index contributed by atoms with van der Waals surface area (Å²) in [5.74, 6) is -0.223. The molecule has 0 aliphatic carbocycles. The molecule has 0 aliphatic heterocycles. The van der Waals surface area contributed by atoms with Crippen molar-refractivity contribution in [2.45, 2.75) is 12.4 Å². The molecule has 0 atom stereocenters. The predicted molar refractivity (Wildman–Crippen MR) is 84.7 cm³/mol. The van der Waals surface area contributed by atoms with Crippen LogP contribution in [0.4, 0.5) is 19.1 Å². The van der Waals surface area contributed by atoms with Crippen molar-refractivity contribution in [3.8, 4) is 5.75 Å². The van der Waals surface area contributed by atoms with Crippen LogP contribution in [0, 0.1) is 6.92 Å². The Morgan fingerprint density at radius 2 is 1.96 bits per heavy atom. The summed E-state index contributed by atoms with van der Waals surface area (Å²) in [5.41, 5.74) is -5.36. The van der Waals surface area contributed by atoms with E-state index in [1.165, 1.54) is 13.1 Å². The lowest BCUT2D eigenvalue weighted by Crippen LogP contribution is -2.28. The van der Waals surface area contributed by atoms with Gasteiger partial charge in [0.05, 0.1) is 5.69 Å². The molecule has 0 aliphatic rings. The van der Waals surface area contributed by atoms with E-state index in [1.54, 1.807) is 0 Å². The number of nitrogens with zero attached hydrogens (tertiary/aromatic N) is 4. The van der Waals surface area contributed by atoms with Crippen LogP contribution in [0.15, 0.2) is 12.3 Å². The Kier molecular flexibility index (Phi) is 5.32. The molecule has 0 aromatic carbocycles. The average Bonchev–Trinajstić information content (AvgIpc) is 2.46. The van der Waals surface area contributed by atoms with Crippen LogP contribution in [-0.4, -0.2) is 61.0 Å². The number of halogens is 3. The smallest absolute Gasteiger partial charge is 0.374 e. The van der Waals surface area contributed by atoms with Crippen LogP contribution >= 0.6 is 0 Å².